The van der Waals surface area contributed by atoms with E-state index in [9.17, 15) is 9.59 Å². The molecule has 0 saturated carbocycles. The lowest BCUT2D eigenvalue weighted by Crippen LogP contribution is -2.30. The van der Waals surface area contributed by atoms with Gasteiger partial charge in [-0.15, -0.1) is 0 Å². The molecule has 1 aliphatic rings. The summed E-state index contributed by atoms with van der Waals surface area (Å²) in [6, 6.07) is 8.94. The summed E-state index contributed by atoms with van der Waals surface area (Å²) >= 11 is 0. The lowest BCUT2D eigenvalue weighted by atomic mass is 9.97. The van der Waals surface area contributed by atoms with E-state index in [0.717, 1.165) is 0 Å². The molecule has 0 radical (unpaired) electrons. The minimum atomic E-state index is -1.07. The van der Waals surface area contributed by atoms with Crippen molar-refractivity contribution in [3.8, 4) is 0 Å². The second-order valence-electron chi connectivity index (χ2n) is 3.44. The Morgan fingerprint density at radius 3 is 2.76 bits per heavy atom. The minimum Gasteiger partial charge on any atom is -0.465 e. The molecule has 1 heterocycles. The van der Waals surface area contributed by atoms with Gasteiger partial charge in [0.15, 0.2) is 0 Å². The Morgan fingerprint density at radius 1 is 1.41 bits per heavy atom. The molecule has 0 bridgehead atoms. The Labute approximate surface area is 98.0 Å². The third kappa shape index (κ3) is 2.18. The fourth-order valence-electron chi connectivity index (χ4n) is 1.57. The van der Waals surface area contributed by atoms with E-state index >= 15 is 0 Å². The second-order valence-corrected chi connectivity index (χ2v) is 3.44. The highest BCUT2D eigenvalue weighted by atomic mass is 16.7. The predicted molar refractivity (Wildman–Crippen MR) is 59.2 cm³/mol. The third-order valence-corrected chi connectivity index (χ3v) is 2.33. The van der Waals surface area contributed by atoms with Gasteiger partial charge in [0.25, 0.3) is 0 Å². The summed E-state index contributed by atoms with van der Waals surface area (Å²) in [7, 11) is 0. The third-order valence-electron chi connectivity index (χ3n) is 2.33. The lowest BCUT2D eigenvalue weighted by molar-refractivity contribution is -0.155. The van der Waals surface area contributed by atoms with Crippen molar-refractivity contribution in [1.82, 2.24) is 0 Å². The van der Waals surface area contributed by atoms with Gasteiger partial charge in [0, 0.05) is 5.56 Å². The van der Waals surface area contributed by atoms with Gasteiger partial charge < -0.3 is 9.57 Å². The fourth-order valence-corrected chi connectivity index (χ4v) is 1.57. The highest BCUT2D eigenvalue weighted by molar-refractivity contribution is 6.24. The van der Waals surface area contributed by atoms with Gasteiger partial charge >= 0.3 is 11.9 Å². The molecule has 5 heteroatoms. The van der Waals surface area contributed by atoms with Crippen LogP contribution in [0.2, 0.25) is 0 Å². The molecule has 1 aliphatic heterocycles. The number of hydrogen-bond donors (Lipinski definition) is 0. The SMILES string of the molecule is CCOC(=O)[C@@H]1C(=O)ON=C1c1ccccc1. The molecule has 88 valence electrons. The summed E-state index contributed by atoms with van der Waals surface area (Å²) in [6.45, 7) is 1.89. The van der Waals surface area contributed by atoms with Crippen LogP contribution in [0.15, 0.2) is 35.5 Å². The first-order chi connectivity index (χ1) is 8.24. The molecular formula is C12H11NO4. The lowest BCUT2D eigenvalue weighted by Gasteiger charge is -2.07. The van der Waals surface area contributed by atoms with Crippen molar-refractivity contribution in [3.05, 3.63) is 35.9 Å². The van der Waals surface area contributed by atoms with E-state index in [1.54, 1.807) is 31.2 Å². The summed E-state index contributed by atoms with van der Waals surface area (Å²) < 4.78 is 4.83. The van der Waals surface area contributed by atoms with E-state index in [0.29, 0.717) is 11.3 Å². The zero-order valence-electron chi connectivity index (χ0n) is 9.25. The molecule has 0 fully saturated rings. The van der Waals surface area contributed by atoms with E-state index in [2.05, 4.69) is 9.99 Å². The smallest absolute Gasteiger partial charge is 0.355 e. The number of nitrogens with zero attached hydrogens (tertiary/aromatic N) is 1. The first-order valence-corrected chi connectivity index (χ1v) is 5.25. The van der Waals surface area contributed by atoms with Gasteiger partial charge in [-0.3, -0.25) is 4.79 Å². The molecule has 0 aromatic heterocycles. The molecule has 1 aromatic rings. The van der Waals surface area contributed by atoms with E-state index in [1.807, 2.05) is 6.07 Å². The van der Waals surface area contributed by atoms with Crippen LogP contribution >= 0.6 is 0 Å². The Kier molecular flexibility index (Phi) is 3.18. The highest BCUT2D eigenvalue weighted by Gasteiger charge is 2.40. The standard InChI is InChI=1S/C12H11NO4/c1-2-16-11(14)9-10(13-17-12(9)15)8-6-4-3-5-7-8/h3-7,9H,2H2,1H3/t9-/m1/s1. The molecule has 2 rings (SSSR count). The largest absolute Gasteiger partial charge is 0.465 e. The molecule has 0 saturated heterocycles. The minimum absolute atomic E-state index is 0.213. The number of esters is 1. The van der Waals surface area contributed by atoms with Gasteiger partial charge in [-0.05, 0) is 6.92 Å². The molecule has 5 nitrogen and oxygen atoms in total. The number of rotatable bonds is 3. The topological polar surface area (TPSA) is 65.0 Å². The van der Waals surface area contributed by atoms with Crippen LogP contribution in [0.3, 0.4) is 0 Å². The zero-order chi connectivity index (χ0) is 12.3. The van der Waals surface area contributed by atoms with Gasteiger partial charge in [0.2, 0.25) is 5.92 Å². The van der Waals surface area contributed by atoms with Crippen LogP contribution in [0.5, 0.6) is 0 Å². The summed E-state index contributed by atoms with van der Waals surface area (Å²) in [5.41, 5.74) is 0.977. The quantitative estimate of drug-likeness (QED) is 0.446. The highest BCUT2D eigenvalue weighted by Crippen LogP contribution is 2.19. The molecule has 0 aliphatic carbocycles. The molecule has 0 spiro atoms. The maximum atomic E-state index is 11.6. The number of benzene rings is 1. The number of oxime groups is 1. The van der Waals surface area contributed by atoms with E-state index in [4.69, 9.17) is 4.74 Å². The summed E-state index contributed by atoms with van der Waals surface area (Å²) in [4.78, 5) is 27.6. The van der Waals surface area contributed by atoms with Crippen molar-refractivity contribution >= 4 is 17.7 Å². The van der Waals surface area contributed by atoms with Gasteiger partial charge in [0.05, 0.1) is 6.61 Å². The van der Waals surface area contributed by atoms with E-state index in [-0.39, 0.29) is 6.61 Å². The zero-order valence-corrected chi connectivity index (χ0v) is 9.25. The van der Waals surface area contributed by atoms with Crippen molar-refractivity contribution in [2.75, 3.05) is 6.61 Å². The van der Waals surface area contributed by atoms with Crippen LogP contribution < -0.4 is 0 Å². The first-order valence-electron chi connectivity index (χ1n) is 5.25. The maximum Gasteiger partial charge on any atom is 0.355 e. The Balaban J connectivity index is 2.28. The van der Waals surface area contributed by atoms with Crippen molar-refractivity contribution < 1.29 is 19.2 Å². The number of carbonyl (C=O) groups is 2. The Bertz CT molecular complexity index is 467. The second kappa shape index (κ2) is 4.78. The first kappa shape index (κ1) is 11.3. The van der Waals surface area contributed by atoms with Crippen LogP contribution in [0.25, 0.3) is 0 Å². The van der Waals surface area contributed by atoms with Crippen LogP contribution in [-0.4, -0.2) is 24.3 Å². The predicted octanol–water partition coefficient (Wildman–Crippen LogP) is 1.13. The van der Waals surface area contributed by atoms with Crippen LogP contribution in [0.4, 0.5) is 0 Å². The molecule has 1 atom stereocenters. The molecule has 0 amide bonds. The molecule has 1 aromatic carbocycles. The molecule has 17 heavy (non-hydrogen) atoms. The monoisotopic (exact) mass is 233 g/mol. The molecule has 0 N–H and O–H groups in total. The average molecular weight is 233 g/mol. The Morgan fingerprint density at radius 2 is 2.12 bits per heavy atom. The van der Waals surface area contributed by atoms with Crippen molar-refractivity contribution in [3.63, 3.8) is 0 Å². The number of hydrogen-bond acceptors (Lipinski definition) is 5. The molecule has 0 unspecified atom stereocenters. The summed E-state index contributed by atoms with van der Waals surface area (Å²) in [5, 5.41) is 3.64. The van der Waals surface area contributed by atoms with Crippen LogP contribution in [-0.2, 0) is 19.2 Å². The summed E-state index contributed by atoms with van der Waals surface area (Å²) in [5.74, 6) is -2.39. The Hall–Kier alpha value is -2.17. The van der Waals surface area contributed by atoms with E-state index < -0.39 is 17.9 Å². The van der Waals surface area contributed by atoms with Gasteiger partial charge in [-0.1, -0.05) is 35.5 Å². The number of carbonyl (C=O) groups excluding carboxylic acids is 2. The number of ether oxygens (including phenoxy) is 1. The maximum absolute atomic E-state index is 11.6. The van der Waals surface area contributed by atoms with Gasteiger partial charge in [-0.2, -0.15) is 0 Å². The van der Waals surface area contributed by atoms with E-state index in [1.165, 1.54) is 0 Å². The van der Waals surface area contributed by atoms with Crippen molar-refractivity contribution in [2.24, 2.45) is 11.1 Å². The fraction of sp³-hybridized carbons (Fsp3) is 0.250. The van der Waals surface area contributed by atoms with Crippen LogP contribution in [0, 0.1) is 5.92 Å². The van der Waals surface area contributed by atoms with Gasteiger partial charge in [0.1, 0.15) is 5.71 Å². The molecular weight excluding hydrogens is 222 g/mol. The van der Waals surface area contributed by atoms with Gasteiger partial charge in [-0.25, -0.2) is 4.79 Å². The van der Waals surface area contributed by atoms with Crippen LogP contribution in [0.1, 0.15) is 12.5 Å². The average Bonchev–Trinajstić information content (AvgIpc) is 2.73. The van der Waals surface area contributed by atoms with Crippen molar-refractivity contribution in [2.45, 2.75) is 6.92 Å². The summed E-state index contributed by atoms with van der Waals surface area (Å²) in [6.07, 6.45) is 0. The normalized spacial score (nSPS) is 18.5. The van der Waals surface area contributed by atoms with Crippen molar-refractivity contribution in [1.29, 1.82) is 0 Å².